The summed E-state index contributed by atoms with van der Waals surface area (Å²) in [5, 5.41) is 17.2. The van der Waals surface area contributed by atoms with Gasteiger partial charge in [-0.2, -0.15) is 0 Å². The van der Waals surface area contributed by atoms with Crippen LogP contribution in [0.15, 0.2) is 33.7 Å². The predicted molar refractivity (Wildman–Crippen MR) is 117 cm³/mol. The van der Waals surface area contributed by atoms with Crippen LogP contribution in [0.2, 0.25) is 0 Å². The third-order valence-electron chi connectivity index (χ3n) is 5.00. The van der Waals surface area contributed by atoms with Gasteiger partial charge in [-0.3, -0.25) is 0 Å². The van der Waals surface area contributed by atoms with Crippen LogP contribution in [0.3, 0.4) is 0 Å². The van der Waals surface area contributed by atoms with Crippen molar-refractivity contribution in [3.8, 4) is 11.5 Å². The van der Waals surface area contributed by atoms with Crippen molar-refractivity contribution in [2.24, 2.45) is 4.99 Å². The van der Waals surface area contributed by atoms with Gasteiger partial charge in [0.05, 0.1) is 19.7 Å². The molecule has 30 heavy (non-hydrogen) atoms. The average Bonchev–Trinajstić information content (AvgIpc) is 3.29. The maximum absolute atomic E-state index is 10.8. The maximum Gasteiger partial charge on any atom is 0.191 e. The summed E-state index contributed by atoms with van der Waals surface area (Å²) >= 11 is 0. The van der Waals surface area contributed by atoms with Gasteiger partial charge in [0.2, 0.25) is 0 Å². The number of aryl methyl sites for hydroxylation is 1. The predicted octanol–water partition coefficient (Wildman–Crippen LogP) is 3.27. The zero-order valence-electron chi connectivity index (χ0n) is 18.5. The number of guanidine groups is 1. The molecule has 0 saturated heterocycles. The number of fused-ring (bicyclic) bond motifs is 1. The molecule has 0 radical (unpaired) electrons. The van der Waals surface area contributed by atoms with E-state index >= 15 is 0 Å². The van der Waals surface area contributed by atoms with Gasteiger partial charge in [0.15, 0.2) is 5.96 Å². The number of nitrogens with zero attached hydrogens (tertiary/aromatic N) is 1. The lowest BCUT2D eigenvalue weighted by atomic mass is 10.0. The molecule has 1 aromatic carbocycles. The van der Waals surface area contributed by atoms with E-state index in [9.17, 15) is 5.11 Å². The summed E-state index contributed by atoms with van der Waals surface area (Å²) in [6.07, 6.45) is 1.07. The Morgan fingerprint density at radius 2 is 2.10 bits per heavy atom. The molecule has 0 aliphatic carbocycles. The largest absolute Gasteiger partial charge is 0.494 e. The van der Waals surface area contributed by atoms with Crippen molar-refractivity contribution in [3.05, 3.63) is 46.9 Å². The van der Waals surface area contributed by atoms with Crippen molar-refractivity contribution in [3.63, 3.8) is 0 Å². The molecule has 164 valence electrons. The highest BCUT2D eigenvalue weighted by molar-refractivity contribution is 5.79. The summed E-state index contributed by atoms with van der Waals surface area (Å²) in [7, 11) is 0. The van der Waals surface area contributed by atoms with Crippen LogP contribution >= 0.6 is 0 Å². The number of nitrogens with one attached hydrogen (secondary N) is 2. The topological polar surface area (TPSA) is 88.3 Å². The molecule has 7 heteroatoms. The molecule has 1 aliphatic heterocycles. The molecule has 0 saturated carbocycles. The van der Waals surface area contributed by atoms with E-state index in [1.807, 2.05) is 32.9 Å². The summed E-state index contributed by atoms with van der Waals surface area (Å²) in [6, 6.07) is 7.73. The lowest BCUT2D eigenvalue weighted by Crippen LogP contribution is -2.44. The van der Waals surface area contributed by atoms with Crippen LogP contribution in [0, 0.1) is 6.92 Å². The van der Waals surface area contributed by atoms with E-state index in [4.69, 9.17) is 18.9 Å². The van der Waals surface area contributed by atoms with E-state index in [2.05, 4.69) is 23.6 Å². The number of aliphatic imine (C=N–C) groups is 1. The number of furan rings is 1. The zero-order chi connectivity index (χ0) is 21.7. The highest BCUT2D eigenvalue weighted by atomic mass is 16.5. The highest BCUT2D eigenvalue weighted by Crippen LogP contribution is 2.35. The Morgan fingerprint density at radius 3 is 2.77 bits per heavy atom. The van der Waals surface area contributed by atoms with Gasteiger partial charge in [-0.25, -0.2) is 4.99 Å². The molecule has 2 unspecified atom stereocenters. The van der Waals surface area contributed by atoms with Gasteiger partial charge in [0.1, 0.15) is 34.7 Å². The molecule has 0 amide bonds. The van der Waals surface area contributed by atoms with E-state index in [0.717, 1.165) is 29.2 Å². The molecule has 3 rings (SSSR count). The van der Waals surface area contributed by atoms with E-state index in [1.54, 1.807) is 13.0 Å². The smallest absolute Gasteiger partial charge is 0.191 e. The number of aliphatic hydroxyl groups is 1. The first-order valence-electron chi connectivity index (χ1n) is 10.6. The summed E-state index contributed by atoms with van der Waals surface area (Å²) in [5.74, 6) is 3.64. The number of hydrogen-bond acceptors (Lipinski definition) is 5. The lowest BCUT2D eigenvalue weighted by Gasteiger charge is -2.23. The molecule has 2 heterocycles. The van der Waals surface area contributed by atoms with E-state index < -0.39 is 5.60 Å². The number of rotatable bonds is 8. The van der Waals surface area contributed by atoms with Gasteiger partial charge in [-0.15, -0.1) is 0 Å². The Bertz CT molecular complexity index is 889. The number of benzene rings is 1. The molecular weight excluding hydrogens is 382 g/mol. The Morgan fingerprint density at radius 1 is 1.30 bits per heavy atom. The van der Waals surface area contributed by atoms with Crippen molar-refractivity contribution >= 4 is 5.96 Å². The number of ether oxygens (including phenoxy) is 2. The van der Waals surface area contributed by atoms with Crippen molar-refractivity contribution in [2.75, 3.05) is 19.7 Å². The third-order valence-corrected chi connectivity index (χ3v) is 5.00. The Kier molecular flexibility index (Phi) is 6.92. The molecule has 2 aromatic rings. The average molecular weight is 416 g/mol. The summed E-state index contributed by atoms with van der Waals surface area (Å²) in [5.41, 5.74) is 0.988. The van der Waals surface area contributed by atoms with Crippen molar-refractivity contribution in [2.45, 2.75) is 59.3 Å². The molecule has 1 aliphatic rings. The van der Waals surface area contributed by atoms with Crippen LogP contribution in [-0.2, 0) is 18.6 Å². The van der Waals surface area contributed by atoms with Crippen molar-refractivity contribution in [1.29, 1.82) is 0 Å². The molecule has 0 bridgehead atoms. The quantitative estimate of drug-likeness (QED) is 0.453. The minimum Gasteiger partial charge on any atom is -0.494 e. The fourth-order valence-electron chi connectivity index (χ4n) is 3.47. The van der Waals surface area contributed by atoms with Crippen molar-refractivity contribution < 1.29 is 19.0 Å². The minimum atomic E-state index is -1.15. The van der Waals surface area contributed by atoms with Crippen molar-refractivity contribution in [1.82, 2.24) is 10.6 Å². The van der Waals surface area contributed by atoms with Crippen LogP contribution < -0.4 is 20.1 Å². The number of hydrogen-bond donors (Lipinski definition) is 3. The molecular formula is C23H33N3O4. The highest BCUT2D eigenvalue weighted by Gasteiger charge is 2.27. The fraction of sp³-hybridized carbons (Fsp3) is 0.522. The van der Waals surface area contributed by atoms with Gasteiger partial charge < -0.3 is 29.6 Å². The van der Waals surface area contributed by atoms with E-state index in [1.165, 1.54) is 5.56 Å². The molecule has 3 N–H and O–H groups in total. The SMILES string of the molecule is CCNC(=NCc1cc2c(cc1OCC)CC(C)O2)NCC(C)(O)c1ccc(C)o1. The van der Waals surface area contributed by atoms with Crippen LogP contribution in [0.1, 0.15) is 50.3 Å². The van der Waals surface area contributed by atoms with Gasteiger partial charge in [-0.05, 0) is 58.9 Å². The second-order valence-corrected chi connectivity index (χ2v) is 7.87. The van der Waals surface area contributed by atoms with Crippen LogP contribution in [-0.4, -0.2) is 36.9 Å². The maximum atomic E-state index is 10.8. The molecule has 0 spiro atoms. The second-order valence-electron chi connectivity index (χ2n) is 7.87. The standard InChI is InChI=1S/C23H33N3O4/c1-6-24-22(26-14-23(5,27)21-9-8-15(3)30-21)25-13-18-12-20-17(10-16(4)29-20)11-19(18)28-7-2/h8-9,11-12,16,27H,6-7,10,13-14H2,1-5H3,(H2,24,25,26). The van der Waals surface area contributed by atoms with Gasteiger partial charge in [-0.1, -0.05) is 0 Å². The molecule has 1 aromatic heterocycles. The van der Waals surface area contributed by atoms with Crippen LogP contribution in [0.5, 0.6) is 11.5 Å². The normalized spacial score (nSPS) is 17.8. The monoisotopic (exact) mass is 415 g/mol. The van der Waals surface area contributed by atoms with E-state index in [0.29, 0.717) is 31.4 Å². The Balaban J connectivity index is 1.73. The van der Waals surface area contributed by atoms with Crippen LogP contribution in [0.4, 0.5) is 0 Å². The third kappa shape index (κ3) is 5.27. The molecule has 0 fully saturated rings. The lowest BCUT2D eigenvalue weighted by molar-refractivity contribution is 0.0378. The Labute approximate surface area is 178 Å². The van der Waals surface area contributed by atoms with Gasteiger partial charge >= 0.3 is 0 Å². The first kappa shape index (κ1) is 22.0. The second kappa shape index (κ2) is 9.43. The van der Waals surface area contributed by atoms with Gasteiger partial charge in [0, 0.05) is 24.1 Å². The molecule has 7 nitrogen and oxygen atoms in total. The minimum absolute atomic E-state index is 0.180. The fourth-order valence-corrected chi connectivity index (χ4v) is 3.47. The summed E-state index contributed by atoms with van der Waals surface area (Å²) < 4.78 is 17.3. The first-order chi connectivity index (χ1) is 14.3. The van der Waals surface area contributed by atoms with Crippen LogP contribution in [0.25, 0.3) is 0 Å². The zero-order valence-corrected chi connectivity index (χ0v) is 18.5. The van der Waals surface area contributed by atoms with E-state index in [-0.39, 0.29) is 12.6 Å². The Hall–Kier alpha value is -2.67. The summed E-state index contributed by atoms with van der Waals surface area (Å²) in [4.78, 5) is 4.69. The van der Waals surface area contributed by atoms with Gasteiger partial charge in [0.25, 0.3) is 0 Å². The first-order valence-corrected chi connectivity index (χ1v) is 10.6. The summed E-state index contributed by atoms with van der Waals surface area (Å²) in [6.45, 7) is 11.6. The molecule has 2 atom stereocenters.